The van der Waals surface area contributed by atoms with Crippen LogP contribution < -0.4 is 15.8 Å². The topological polar surface area (TPSA) is 77.2 Å². The molecule has 100 valence electrons. The normalized spacial score (nSPS) is 11.9. The Labute approximate surface area is 108 Å². The Hall–Kier alpha value is -1.62. The summed E-state index contributed by atoms with van der Waals surface area (Å²) in [5.74, 6) is 0.919. The number of nitrogens with two attached hydrogens (primary N) is 1. The summed E-state index contributed by atoms with van der Waals surface area (Å²) in [6.07, 6.45) is 2.87. The summed E-state index contributed by atoms with van der Waals surface area (Å²) < 4.78 is 5.22. The maximum Gasteiger partial charge on any atom is 0.224 e. The second kappa shape index (κ2) is 7.66. The summed E-state index contributed by atoms with van der Waals surface area (Å²) >= 11 is 0. The molecule has 0 saturated heterocycles. The largest absolute Gasteiger partial charge is 0.478 e. The van der Waals surface area contributed by atoms with Crippen molar-refractivity contribution < 1.29 is 9.53 Å². The van der Waals surface area contributed by atoms with Gasteiger partial charge in [-0.1, -0.05) is 6.92 Å². The third-order valence-corrected chi connectivity index (χ3v) is 2.58. The summed E-state index contributed by atoms with van der Waals surface area (Å²) in [6, 6.07) is 3.52. The zero-order chi connectivity index (χ0) is 13.4. The number of carbonyl (C=O) groups is 1. The molecule has 5 nitrogen and oxygen atoms in total. The minimum atomic E-state index is -0.0127. The van der Waals surface area contributed by atoms with E-state index in [0.29, 0.717) is 37.1 Å². The van der Waals surface area contributed by atoms with Crippen molar-refractivity contribution >= 4 is 11.6 Å². The first kappa shape index (κ1) is 14.4. The highest BCUT2D eigenvalue weighted by Gasteiger charge is 2.06. The Morgan fingerprint density at radius 1 is 1.56 bits per heavy atom. The van der Waals surface area contributed by atoms with Gasteiger partial charge in [0.1, 0.15) is 0 Å². The van der Waals surface area contributed by atoms with E-state index in [1.807, 2.05) is 13.8 Å². The molecule has 0 aromatic carbocycles. The Morgan fingerprint density at radius 3 is 2.89 bits per heavy atom. The van der Waals surface area contributed by atoms with Gasteiger partial charge >= 0.3 is 0 Å². The maximum atomic E-state index is 11.6. The molecule has 0 aliphatic heterocycles. The van der Waals surface area contributed by atoms with E-state index in [4.69, 9.17) is 10.5 Å². The Kier molecular flexibility index (Phi) is 6.14. The number of hydrogen-bond acceptors (Lipinski definition) is 4. The highest BCUT2D eigenvalue weighted by Crippen LogP contribution is 2.12. The lowest BCUT2D eigenvalue weighted by Crippen LogP contribution is -2.16. The van der Waals surface area contributed by atoms with E-state index in [1.165, 1.54) is 0 Å². The van der Waals surface area contributed by atoms with Crippen molar-refractivity contribution in [2.45, 2.75) is 26.7 Å². The summed E-state index contributed by atoms with van der Waals surface area (Å²) in [4.78, 5) is 15.7. The number of rotatable bonds is 7. The molecule has 1 unspecified atom stereocenters. The molecule has 1 rings (SSSR count). The van der Waals surface area contributed by atoms with Crippen LogP contribution in [0.5, 0.6) is 5.88 Å². The highest BCUT2D eigenvalue weighted by molar-refractivity contribution is 5.90. The quantitative estimate of drug-likeness (QED) is 0.774. The molecule has 0 aliphatic rings. The number of carbonyl (C=O) groups excluding carboxylic acids is 1. The van der Waals surface area contributed by atoms with Crippen LogP contribution in [0.4, 0.5) is 5.69 Å². The van der Waals surface area contributed by atoms with Crippen LogP contribution in [0.25, 0.3) is 0 Å². The van der Waals surface area contributed by atoms with Crippen LogP contribution in [0.2, 0.25) is 0 Å². The van der Waals surface area contributed by atoms with E-state index in [9.17, 15) is 4.79 Å². The predicted molar refractivity (Wildman–Crippen MR) is 71.5 cm³/mol. The van der Waals surface area contributed by atoms with E-state index < -0.39 is 0 Å². The smallest absolute Gasteiger partial charge is 0.224 e. The molecule has 0 radical (unpaired) electrons. The first-order valence-electron chi connectivity index (χ1n) is 6.24. The van der Waals surface area contributed by atoms with Crippen molar-refractivity contribution in [3.63, 3.8) is 0 Å². The lowest BCUT2D eigenvalue weighted by Gasteiger charge is -2.09. The lowest BCUT2D eigenvalue weighted by molar-refractivity contribution is -0.116. The molecule has 3 N–H and O–H groups in total. The SMILES string of the molecule is CCOc1ccc(NC(=O)CCC(C)CN)cn1. The molecule has 5 heteroatoms. The Balaban J connectivity index is 2.39. The molecule has 0 bridgehead atoms. The van der Waals surface area contributed by atoms with Gasteiger partial charge in [-0.25, -0.2) is 4.98 Å². The van der Waals surface area contributed by atoms with Gasteiger partial charge in [0.25, 0.3) is 0 Å². The number of nitrogens with one attached hydrogen (secondary N) is 1. The molecular weight excluding hydrogens is 230 g/mol. The highest BCUT2D eigenvalue weighted by atomic mass is 16.5. The van der Waals surface area contributed by atoms with Gasteiger partial charge in [-0.2, -0.15) is 0 Å². The number of anilines is 1. The zero-order valence-corrected chi connectivity index (χ0v) is 11.0. The van der Waals surface area contributed by atoms with Crippen molar-refractivity contribution in [2.24, 2.45) is 11.7 Å². The molecule has 0 saturated carbocycles. The molecular formula is C13H21N3O2. The molecule has 1 heterocycles. The van der Waals surface area contributed by atoms with E-state index in [0.717, 1.165) is 6.42 Å². The number of amides is 1. The Morgan fingerprint density at radius 2 is 2.33 bits per heavy atom. The van der Waals surface area contributed by atoms with Crippen LogP contribution in [-0.4, -0.2) is 24.0 Å². The van der Waals surface area contributed by atoms with Crippen molar-refractivity contribution in [1.82, 2.24) is 4.98 Å². The number of aromatic nitrogens is 1. The monoisotopic (exact) mass is 251 g/mol. The van der Waals surface area contributed by atoms with Gasteiger partial charge in [0, 0.05) is 12.5 Å². The van der Waals surface area contributed by atoms with Crippen molar-refractivity contribution in [2.75, 3.05) is 18.5 Å². The first-order chi connectivity index (χ1) is 8.65. The average Bonchev–Trinajstić information content (AvgIpc) is 2.38. The third-order valence-electron chi connectivity index (χ3n) is 2.58. The number of hydrogen-bond donors (Lipinski definition) is 2. The van der Waals surface area contributed by atoms with Crippen molar-refractivity contribution in [3.8, 4) is 5.88 Å². The number of ether oxygens (including phenoxy) is 1. The van der Waals surface area contributed by atoms with Gasteiger partial charge in [0.2, 0.25) is 11.8 Å². The average molecular weight is 251 g/mol. The summed E-state index contributed by atoms with van der Waals surface area (Å²) in [5, 5.41) is 2.79. The van der Waals surface area contributed by atoms with E-state index in [-0.39, 0.29) is 5.91 Å². The van der Waals surface area contributed by atoms with Crippen LogP contribution in [0.15, 0.2) is 18.3 Å². The van der Waals surface area contributed by atoms with Gasteiger partial charge in [-0.05, 0) is 31.9 Å². The molecule has 1 aromatic heterocycles. The second-order valence-electron chi connectivity index (χ2n) is 4.25. The summed E-state index contributed by atoms with van der Waals surface area (Å²) in [7, 11) is 0. The fourth-order valence-corrected chi connectivity index (χ4v) is 1.41. The van der Waals surface area contributed by atoms with Gasteiger partial charge in [-0.3, -0.25) is 4.79 Å². The predicted octanol–water partition coefficient (Wildman–Crippen LogP) is 1.79. The van der Waals surface area contributed by atoms with Crippen LogP contribution >= 0.6 is 0 Å². The van der Waals surface area contributed by atoms with Gasteiger partial charge in [0.05, 0.1) is 18.5 Å². The summed E-state index contributed by atoms with van der Waals surface area (Å²) in [6.45, 7) is 5.12. The molecule has 18 heavy (non-hydrogen) atoms. The standard InChI is InChI=1S/C13H21N3O2/c1-3-18-13-7-5-11(9-15-13)16-12(17)6-4-10(2)8-14/h5,7,9-10H,3-4,6,8,14H2,1-2H3,(H,16,17). The van der Waals surface area contributed by atoms with Crippen LogP contribution in [0, 0.1) is 5.92 Å². The van der Waals surface area contributed by atoms with Gasteiger partial charge in [0.15, 0.2) is 0 Å². The first-order valence-corrected chi connectivity index (χ1v) is 6.24. The van der Waals surface area contributed by atoms with Gasteiger partial charge < -0.3 is 15.8 Å². The van der Waals surface area contributed by atoms with E-state index >= 15 is 0 Å². The molecule has 1 atom stereocenters. The Bertz CT molecular complexity index is 365. The lowest BCUT2D eigenvalue weighted by atomic mass is 10.1. The maximum absolute atomic E-state index is 11.6. The number of nitrogens with zero attached hydrogens (tertiary/aromatic N) is 1. The third kappa shape index (κ3) is 5.14. The fraction of sp³-hybridized carbons (Fsp3) is 0.538. The number of pyridine rings is 1. The second-order valence-corrected chi connectivity index (χ2v) is 4.25. The van der Waals surface area contributed by atoms with E-state index in [1.54, 1.807) is 18.3 Å². The van der Waals surface area contributed by atoms with Crippen LogP contribution in [-0.2, 0) is 4.79 Å². The van der Waals surface area contributed by atoms with Crippen molar-refractivity contribution in [1.29, 1.82) is 0 Å². The molecule has 0 aliphatic carbocycles. The minimum Gasteiger partial charge on any atom is -0.478 e. The fourth-order valence-electron chi connectivity index (χ4n) is 1.41. The molecule has 0 spiro atoms. The minimum absolute atomic E-state index is 0.0127. The summed E-state index contributed by atoms with van der Waals surface area (Å²) in [5.41, 5.74) is 6.18. The molecule has 1 amide bonds. The van der Waals surface area contributed by atoms with E-state index in [2.05, 4.69) is 10.3 Å². The van der Waals surface area contributed by atoms with Crippen molar-refractivity contribution in [3.05, 3.63) is 18.3 Å². The molecule has 0 fully saturated rings. The van der Waals surface area contributed by atoms with Crippen LogP contribution in [0.3, 0.4) is 0 Å². The zero-order valence-electron chi connectivity index (χ0n) is 11.0. The van der Waals surface area contributed by atoms with Gasteiger partial charge in [-0.15, -0.1) is 0 Å². The molecule has 1 aromatic rings. The van der Waals surface area contributed by atoms with Crippen LogP contribution in [0.1, 0.15) is 26.7 Å².